The molecule has 0 amide bonds. The molecule has 1 fully saturated rings. The van der Waals surface area contributed by atoms with Crippen LogP contribution in [-0.4, -0.2) is 19.3 Å². The van der Waals surface area contributed by atoms with E-state index in [1.54, 1.807) is 0 Å². The third-order valence-electron chi connectivity index (χ3n) is 3.99. The fourth-order valence-electron chi connectivity index (χ4n) is 2.71. The van der Waals surface area contributed by atoms with Crippen LogP contribution in [0.1, 0.15) is 24.0 Å². The molecule has 3 rings (SSSR count). The van der Waals surface area contributed by atoms with Crippen LogP contribution in [0.25, 0.3) is 0 Å². The van der Waals surface area contributed by atoms with Crippen LogP contribution in [0.15, 0.2) is 54.6 Å². The summed E-state index contributed by atoms with van der Waals surface area (Å²) in [5.41, 5.74) is 9.98. The Balaban J connectivity index is 1.46. The van der Waals surface area contributed by atoms with Crippen molar-refractivity contribution >= 4 is 5.69 Å². The van der Waals surface area contributed by atoms with Crippen LogP contribution < -0.4 is 10.9 Å². The summed E-state index contributed by atoms with van der Waals surface area (Å²) in [6.07, 6.45) is 2.55. The topological polar surface area (TPSA) is 42.5 Å². The Kier molecular flexibility index (Phi) is 6.03. The first-order valence-electron chi connectivity index (χ1n) is 8.22. The maximum Gasteiger partial charge on any atom is 0.0809 e. The van der Waals surface area contributed by atoms with E-state index in [4.69, 9.17) is 9.47 Å². The lowest BCUT2D eigenvalue weighted by molar-refractivity contribution is 0.0104. The lowest BCUT2D eigenvalue weighted by atomic mass is 10.1. The van der Waals surface area contributed by atoms with Crippen LogP contribution in [0.5, 0.6) is 0 Å². The van der Waals surface area contributed by atoms with Gasteiger partial charge in [0.1, 0.15) is 0 Å². The summed E-state index contributed by atoms with van der Waals surface area (Å²) < 4.78 is 11.4. The summed E-state index contributed by atoms with van der Waals surface area (Å²) in [6, 6.07) is 18.5. The van der Waals surface area contributed by atoms with Gasteiger partial charge in [-0.2, -0.15) is 0 Å². The van der Waals surface area contributed by atoms with Gasteiger partial charge in [0.15, 0.2) is 0 Å². The Morgan fingerprint density at radius 2 is 1.78 bits per heavy atom. The van der Waals surface area contributed by atoms with Crippen molar-refractivity contribution in [3.63, 3.8) is 0 Å². The fraction of sp³-hybridized carbons (Fsp3) is 0.368. The first kappa shape index (κ1) is 16.0. The van der Waals surface area contributed by atoms with Crippen molar-refractivity contribution in [2.75, 3.05) is 18.6 Å². The molecule has 122 valence electrons. The first-order chi connectivity index (χ1) is 11.4. The smallest absolute Gasteiger partial charge is 0.0809 e. The van der Waals surface area contributed by atoms with Gasteiger partial charge in [-0.3, -0.25) is 0 Å². The monoisotopic (exact) mass is 312 g/mol. The molecule has 1 saturated heterocycles. The molecule has 2 aromatic carbocycles. The molecule has 4 nitrogen and oxygen atoms in total. The Labute approximate surface area is 137 Å². The maximum atomic E-state index is 5.84. The van der Waals surface area contributed by atoms with Gasteiger partial charge in [-0.25, -0.2) is 5.43 Å². The Morgan fingerprint density at radius 3 is 2.57 bits per heavy atom. The number of para-hydroxylation sites is 1. The Morgan fingerprint density at radius 1 is 1.00 bits per heavy atom. The Bertz CT molecular complexity index is 583. The summed E-state index contributed by atoms with van der Waals surface area (Å²) in [4.78, 5) is 0. The molecule has 23 heavy (non-hydrogen) atoms. The minimum Gasteiger partial charge on any atom is -0.376 e. The van der Waals surface area contributed by atoms with Crippen LogP contribution in [-0.2, 0) is 22.6 Å². The van der Waals surface area contributed by atoms with Crippen molar-refractivity contribution in [1.82, 2.24) is 5.43 Å². The highest BCUT2D eigenvalue weighted by Gasteiger charge is 2.15. The van der Waals surface area contributed by atoms with Gasteiger partial charge in [-0.1, -0.05) is 42.5 Å². The standard InChI is InChI=1S/C19H24N2O2/c1-2-9-18(10-3-1)21-20-13-16-7-4-5-8-17(16)14-22-15-19-11-6-12-23-19/h1-5,7-10,19-21H,6,11-15H2. The second-order valence-corrected chi connectivity index (χ2v) is 5.76. The molecular formula is C19H24N2O2. The first-order valence-corrected chi connectivity index (χ1v) is 8.22. The second kappa shape index (κ2) is 8.67. The third-order valence-corrected chi connectivity index (χ3v) is 3.99. The number of hydrogen-bond acceptors (Lipinski definition) is 4. The summed E-state index contributed by atoms with van der Waals surface area (Å²) in [7, 11) is 0. The van der Waals surface area contributed by atoms with E-state index in [0.29, 0.717) is 13.2 Å². The summed E-state index contributed by atoms with van der Waals surface area (Å²) >= 11 is 0. The van der Waals surface area contributed by atoms with Gasteiger partial charge in [0, 0.05) is 18.8 Å². The molecule has 0 bridgehead atoms. The summed E-state index contributed by atoms with van der Waals surface area (Å²) in [6.45, 7) is 2.93. The van der Waals surface area contributed by atoms with Gasteiger partial charge >= 0.3 is 0 Å². The van der Waals surface area contributed by atoms with E-state index in [0.717, 1.165) is 31.7 Å². The van der Waals surface area contributed by atoms with Crippen molar-refractivity contribution in [1.29, 1.82) is 0 Å². The van der Waals surface area contributed by atoms with Gasteiger partial charge in [-0.05, 0) is 36.1 Å². The van der Waals surface area contributed by atoms with Crippen molar-refractivity contribution in [3.05, 3.63) is 65.7 Å². The average molecular weight is 312 g/mol. The van der Waals surface area contributed by atoms with E-state index in [-0.39, 0.29) is 6.10 Å². The van der Waals surface area contributed by atoms with Crippen LogP contribution in [0.2, 0.25) is 0 Å². The molecule has 2 N–H and O–H groups in total. The number of hydrogen-bond donors (Lipinski definition) is 2. The van der Waals surface area contributed by atoms with Gasteiger partial charge in [0.05, 0.1) is 19.3 Å². The minimum absolute atomic E-state index is 0.278. The van der Waals surface area contributed by atoms with Crippen LogP contribution in [0.3, 0.4) is 0 Å². The molecule has 0 saturated carbocycles. The summed E-state index contributed by atoms with van der Waals surface area (Å²) in [5, 5.41) is 0. The molecule has 0 spiro atoms. The molecule has 1 aliphatic heterocycles. The predicted molar refractivity (Wildman–Crippen MR) is 92.0 cm³/mol. The Hall–Kier alpha value is -1.88. The van der Waals surface area contributed by atoms with Crippen molar-refractivity contribution in [2.24, 2.45) is 0 Å². The molecule has 1 aliphatic rings. The van der Waals surface area contributed by atoms with Crippen molar-refractivity contribution in [3.8, 4) is 0 Å². The van der Waals surface area contributed by atoms with Gasteiger partial charge in [0.2, 0.25) is 0 Å². The van der Waals surface area contributed by atoms with E-state index < -0.39 is 0 Å². The van der Waals surface area contributed by atoms with Crippen LogP contribution >= 0.6 is 0 Å². The zero-order valence-corrected chi connectivity index (χ0v) is 13.3. The number of nitrogens with one attached hydrogen (secondary N) is 2. The van der Waals surface area contributed by atoms with E-state index >= 15 is 0 Å². The molecule has 0 aliphatic carbocycles. The molecule has 1 heterocycles. The SMILES string of the molecule is c1ccc(NNCc2ccccc2COCC2CCCO2)cc1. The number of anilines is 1. The van der Waals surface area contributed by atoms with Gasteiger partial charge in [0.25, 0.3) is 0 Å². The third kappa shape index (κ3) is 5.06. The van der Waals surface area contributed by atoms with Crippen LogP contribution in [0.4, 0.5) is 5.69 Å². The van der Waals surface area contributed by atoms with E-state index in [9.17, 15) is 0 Å². The molecule has 1 atom stereocenters. The number of ether oxygens (including phenoxy) is 2. The lowest BCUT2D eigenvalue weighted by Gasteiger charge is -2.14. The zero-order chi connectivity index (χ0) is 15.7. The minimum atomic E-state index is 0.278. The maximum absolute atomic E-state index is 5.84. The van der Waals surface area contributed by atoms with E-state index in [1.807, 2.05) is 30.3 Å². The molecule has 1 unspecified atom stereocenters. The molecule has 2 aromatic rings. The second-order valence-electron chi connectivity index (χ2n) is 5.76. The number of rotatable bonds is 8. The number of hydrazine groups is 1. The molecule has 0 radical (unpaired) electrons. The summed E-state index contributed by atoms with van der Waals surface area (Å²) in [5.74, 6) is 0. The molecular weight excluding hydrogens is 288 g/mol. The largest absolute Gasteiger partial charge is 0.376 e. The molecule has 4 heteroatoms. The normalized spacial score (nSPS) is 17.3. The lowest BCUT2D eigenvalue weighted by Crippen LogP contribution is -2.22. The number of benzene rings is 2. The highest BCUT2D eigenvalue weighted by atomic mass is 16.5. The molecule has 0 aromatic heterocycles. The average Bonchev–Trinajstić information content (AvgIpc) is 3.11. The van der Waals surface area contributed by atoms with Crippen molar-refractivity contribution < 1.29 is 9.47 Å². The fourth-order valence-corrected chi connectivity index (χ4v) is 2.71. The van der Waals surface area contributed by atoms with Crippen molar-refractivity contribution in [2.45, 2.75) is 32.1 Å². The van der Waals surface area contributed by atoms with E-state index in [2.05, 4.69) is 35.1 Å². The predicted octanol–water partition coefficient (Wildman–Crippen LogP) is 3.50. The van der Waals surface area contributed by atoms with Gasteiger partial charge in [-0.15, -0.1) is 0 Å². The van der Waals surface area contributed by atoms with Crippen LogP contribution in [0, 0.1) is 0 Å². The highest BCUT2D eigenvalue weighted by molar-refractivity contribution is 5.41. The highest BCUT2D eigenvalue weighted by Crippen LogP contribution is 2.15. The van der Waals surface area contributed by atoms with Gasteiger partial charge < -0.3 is 14.9 Å². The zero-order valence-electron chi connectivity index (χ0n) is 13.3. The van der Waals surface area contributed by atoms with E-state index in [1.165, 1.54) is 11.1 Å². The quantitative estimate of drug-likeness (QED) is 0.732.